The van der Waals surface area contributed by atoms with Gasteiger partial charge in [0.2, 0.25) is 0 Å². The molecule has 0 aromatic carbocycles. The van der Waals surface area contributed by atoms with E-state index in [1.165, 1.54) is 0 Å². The van der Waals surface area contributed by atoms with Gasteiger partial charge in [0.15, 0.2) is 0 Å². The average Bonchev–Trinajstić information content (AvgIpc) is 1.68. The fourth-order valence-electron chi connectivity index (χ4n) is 0.0680. The molecule has 0 fully saturated rings. The summed E-state index contributed by atoms with van der Waals surface area (Å²) in [4.78, 5) is 0. The van der Waals surface area contributed by atoms with Gasteiger partial charge in [-0.05, 0) is 0 Å². The lowest BCUT2D eigenvalue weighted by Gasteiger charge is -1.86. The molecule has 0 heterocycles. The molecule has 0 radical (unpaired) electrons. The Morgan fingerprint density at radius 2 is 2.14 bits per heavy atom. The minimum atomic E-state index is -3.39. The summed E-state index contributed by atoms with van der Waals surface area (Å²) < 4.78 is 24.0. The summed E-state index contributed by atoms with van der Waals surface area (Å²) in [7, 11) is -2.31. The smallest absolute Gasteiger partial charge is 0.270 e. The Kier molecular flexibility index (Phi) is 1.98. The second-order valence-electron chi connectivity index (χ2n) is 0.826. The molecule has 42 valence electrons. The predicted octanol–water partition coefficient (Wildman–Crippen LogP) is 0.106. The molecule has 0 rings (SSSR count). The van der Waals surface area contributed by atoms with Gasteiger partial charge in [0, 0.05) is 0 Å². The van der Waals surface area contributed by atoms with Crippen molar-refractivity contribution in [1.82, 2.24) is 0 Å². The molecule has 4 heteroatoms. The highest BCUT2D eigenvalue weighted by molar-refractivity contribution is 7.89. The van der Waals surface area contributed by atoms with E-state index in [0.717, 1.165) is 12.5 Å². The fourth-order valence-corrected chi connectivity index (χ4v) is 0.204. The average molecular weight is 122 g/mol. The van der Waals surface area contributed by atoms with Crippen LogP contribution < -0.4 is 0 Å². The zero-order valence-electron chi connectivity index (χ0n) is 3.92. The summed E-state index contributed by atoms with van der Waals surface area (Å²) in [6.45, 7) is 2.99. The van der Waals surface area contributed by atoms with Crippen LogP contribution in [0.3, 0.4) is 0 Å². The Morgan fingerprint density at radius 1 is 1.71 bits per heavy atom. The molecule has 0 atom stereocenters. The van der Waals surface area contributed by atoms with Gasteiger partial charge in [0.05, 0.1) is 12.5 Å². The van der Waals surface area contributed by atoms with E-state index >= 15 is 0 Å². The van der Waals surface area contributed by atoms with Crippen LogP contribution in [0.15, 0.2) is 12.0 Å². The van der Waals surface area contributed by atoms with Gasteiger partial charge in [-0.25, -0.2) is 0 Å². The zero-order valence-corrected chi connectivity index (χ0v) is 4.73. The predicted molar refractivity (Wildman–Crippen MR) is 26.1 cm³/mol. The molecule has 0 amide bonds. The van der Waals surface area contributed by atoms with Crippen LogP contribution in [0.5, 0.6) is 0 Å². The lowest BCUT2D eigenvalue weighted by atomic mass is 11.3. The lowest BCUT2D eigenvalue weighted by molar-refractivity contribution is 0.406. The van der Waals surface area contributed by atoms with Crippen LogP contribution >= 0.6 is 0 Å². The SMILES string of the molecule is C=CS(=O)(=O)OC. The highest BCUT2D eigenvalue weighted by Crippen LogP contribution is 1.86. The fraction of sp³-hybridized carbons (Fsp3) is 0.333. The Labute approximate surface area is 42.7 Å². The minimum Gasteiger partial charge on any atom is -0.270 e. The van der Waals surface area contributed by atoms with Crippen molar-refractivity contribution in [2.24, 2.45) is 0 Å². The molecule has 0 aromatic heterocycles. The van der Waals surface area contributed by atoms with Gasteiger partial charge in [-0.15, -0.1) is 0 Å². The van der Waals surface area contributed by atoms with E-state index in [0.29, 0.717) is 0 Å². The first-order valence-electron chi connectivity index (χ1n) is 1.55. The van der Waals surface area contributed by atoms with Crippen molar-refractivity contribution < 1.29 is 12.6 Å². The molecule has 0 aliphatic carbocycles. The second kappa shape index (κ2) is 2.09. The molecule has 0 N–H and O–H groups in total. The zero-order chi connectivity index (χ0) is 5.91. The van der Waals surface area contributed by atoms with Gasteiger partial charge in [0.1, 0.15) is 0 Å². The quantitative estimate of drug-likeness (QED) is 0.488. The molecule has 0 aliphatic heterocycles. The van der Waals surface area contributed by atoms with Gasteiger partial charge in [0.25, 0.3) is 10.1 Å². The Balaban J connectivity index is 4.17. The van der Waals surface area contributed by atoms with E-state index < -0.39 is 10.1 Å². The van der Waals surface area contributed by atoms with Gasteiger partial charge in [-0.3, -0.25) is 4.18 Å². The normalized spacial score (nSPS) is 11.0. The molecule has 0 saturated heterocycles. The molecule has 0 aromatic rings. The first-order chi connectivity index (χ1) is 3.12. The third kappa shape index (κ3) is 2.36. The van der Waals surface area contributed by atoms with Crippen molar-refractivity contribution in [3.63, 3.8) is 0 Å². The van der Waals surface area contributed by atoms with Crippen LogP contribution in [0, 0.1) is 0 Å². The maximum Gasteiger partial charge on any atom is 0.289 e. The van der Waals surface area contributed by atoms with Crippen LogP contribution in [0.1, 0.15) is 0 Å². The van der Waals surface area contributed by atoms with E-state index in [1.54, 1.807) is 0 Å². The Bertz CT molecular complexity index is 144. The summed E-state index contributed by atoms with van der Waals surface area (Å²) in [5, 5.41) is 0.743. The third-order valence-electron chi connectivity index (χ3n) is 0.436. The first-order valence-corrected chi connectivity index (χ1v) is 3.02. The van der Waals surface area contributed by atoms with E-state index in [4.69, 9.17) is 0 Å². The van der Waals surface area contributed by atoms with Gasteiger partial charge < -0.3 is 0 Å². The van der Waals surface area contributed by atoms with Crippen molar-refractivity contribution in [3.05, 3.63) is 12.0 Å². The number of hydrogen-bond acceptors (Lipinski definition) is 3. The Hall–Kier alpha value is -0.350. The van der Waals surface area contributed by atoms with Crippen LogP contribution in [-0.4, -0.2) is 15.5 Å². The van der Waals surface area contributed by atoms with Crippen LogP contribution in [0.4, 0.5) is 0 Å². The van der Waals surface area contributed by atoms with Gasteiger partial charge in [-0.2, -0.15) is 8.42 Å². The topological polar surface area (TPSA) is 43.4 Å². The summed E-state index contributed by atoms with van der Waals surface area (Å²) >= 11 is 0. The summed E-state index contributed by atoms with van der Waals surface area (Å²) in [6.07, 6.45) is 0. The molecule has 7 heavy (non-hydrogen) atoms. The molecule has 0 spiro atoms. The van der Waals surface area contributed by atoms with E-state index in [2.05, 4.69) is 10.8 Å². The standard InChI is InChI=1S/C3H6O3S/c1-3-7(4,5)6-2/h3H,1H2,2H3. The summed E-state index contributed by atoms with van der Waals surface area (Å²) in [5.74, 6) is 0. The second-order valence-corrected chi connectivity index (χ2v) is 2.48. The van der Waals surface area contributed by atoms with Crippen molar-refractivity contribution in [1.29, 1.82) is 0 Å². The van der Waals surface area contributed by atoms with Crippen molar-refractivity contribution >= 4 is 10.1 Å². The van der Waals surface area contributed by atoms with Crippen LogP contribution in [-0.2, 0) is 14.3 Å². The number of rotatable bonds is 2. The largest absolute Gasteiger partial charge is 0.289 e. The minimum absolute atomic E-state index is 0.743. The van der Waals surface area contributed by atoms with E-state index in [1.807, 2.05) is 0 Å². The molecule has 0 saturated carbocycles. The lowest BCUT2D eigenvalue weighted by Crippen LogP contribution is -1.94. The molecule has 0 bridgehead atoms. The van der Waals surface area contributed by atoms with Crippen molar-refractivity contribution in [2.75, 3.05) is 7.11 Å². The van der Waals surface area contributed by atoms with Crippen molar-refractivity contribution in [2.45, 2.75) is 0 Å². The molecular weight excluding hydrogens is 116 g/mol. The maximum absolute atomic E-state index is 10.0. The van der Waals surface area contributed by atoms with Gasteiger partial charge in [-0.1, -0.05) is 6.58 Å². The molecule has 3 nitrogen and oxygen atoms in total. The number of hydrogen-bond donors (Lipinski definition) is 0. The summed E-state index contributed by atoms with van der Waals surface area (Å²) in [5.41, 5.74) is 0. The first kappa shape index (κ1) is 6.65. The summed E-state index contributed by atoms with van der Waals surface area (Å²) in [6, 6.07) is 0. The highest BCUT2D eigenvalue weighted by Gasteiger charge is 1.95. The molecule has 0 aliphatic rings. The molecule has 0 unspecified atom stereocenters. The maximum atomic E-state index is 10.0. The highest BCUT2D eigenvalue weighted by atomic mass is 32.2. The van der Waals surface area contributed by atoms with Gasteiger partial charge >= 0.3 is 0 Å². The Morgan fingerprint density at radius 3 is 2.14 bits per heavy atom. The van der Waals surface area contributed by atoms with Crippen LogP contribution in [0.25, 0.3) is 0 Å². The van der Waals surface area contributed by atoms with Crippen molar-refractivity contribution in [3.8, 4) is 0 Å². The monoisotopic (exact) mass is 122 g/mol. The molecular formula is C3H6O3S. The van der Waals surface area contributed by atoms with E-state index in [-0.39, 0.29) is 0 Å². The third-order valence-corrected chi connectivity index (χ3v) is 1.31. The van der Waals surface area contributed by atoms with Crippen LogP contribution in [0.2, 0.25) is 0 Å². The van der Waals surface area contributed by atoms with E-state index in [9.17, 15) is 8.42 Å².